The highest BCUT2D eigenvalue weighted by Gasteiger charge is 2.18. The van der Waals surface area contributed by atoms with Crippen LogP contribution in [0.2, 0.25) is 0 Å². The van der Waals surface area contributed by atoms with Crippen LogP contribution in [0, 0.1) is 6.92 Å². The number of benzene rings is 1. The molecule has 0 aliphatic heterocycles. The highest BCUT2D eigenvalue weighted by molar-refractivity contribution is 9.11. The number of rotatable bonds is 3. The van der Waals surface area contributed by atoms with Crippen LogP contribution in [0.15, 0.2) is 41.6 Å². The zero-order chi connectivity index (χ0) is 13.3. The molecule has 0 saturated carbocycles. The van der Waals surface area contributed by atoms with E-state index < -0.39 is 10.8 Å². The van der Waals surface area contributed by atoms with Gasteiger partial charge in [0, 0.05) is 9.37 Å². The van der Waals surface area contributed by atoms with Crippen molar-refractivity contribution in [3.63, 3.8) is 0 Å². The summed E-state index contributed by atoms with van der Waals surface area (Å²) in [5.41, 5.74) is 1.08. The normalized spacial score (nSPS) is 12.4. The zero-order valence-electron chi connectivity index (χ0n) is 9.70. The van der Waals surface area contributed by atoms with Gasteiger partial charge < -0.3 is 4.74 Å². The van der Waals surface area contributed by atoms with Crippen molar-refractivity contribution in [3.05, 3.63) is 38.1 Å². The van der Waals surface area contributed by atoms with Crippen LogP contribution < -0.4 is 4.74 Å². The summed E-state index contributed by atoms with van der Waals surface area (Å²) in [6, 6.07) is 7.28. The van der Waals surface area contributed by atoms with Crippen LogP contribution in [0.5, 0.6) is 5.75 Å². The highest BCUT2D eigenvalue weighted by Crippen LogP contribution is 2.40. The molecule has 18 heavy (non-hydrogen) atoms. The molecule has 0 amide bonds. The molecule has 0 N–H and O–H groups in total. The fourth-order valence-corrected chi connectivity index (χ4v) is 6.07. The molecule has 1 aromatic carbocycles. The van der Waals surface area contributed by atoms with Crippen molar-refractivity contribution < 1.29 is 8.95 Å². The van der Waals surface area contributed by atoms with Gasteiger partial charge in [0.2, 0.25) is 0 Å². The van der Waals surface area contributed by atoms with E-state index >= 15 is 0 Å². The van der Waals surface area contributed by atoms with Crippen LogP contribution >= 0.6 is 43.2 Å². The molecule has 6 heteroatoms. The molecule has 1 unspecified atom stereocenters. The topological polar surface area (TPSA) is 26.3 Å². The second kappa shape index (κ2) is 5.86. The monoisotopic (exact) mass is 408 g/mol. The zero-order valence-corrected chi connectivity index (χ0v) is 14.5. The fraction of sp³-hybridized carbons (Fsp3) is 0.167. The minimum Gasteiger partial charge on any atom is -0.497 e. The van der Waals surface area contributed by atoms with Crippen LogP contribution in [0.25, 0.3) is 0 Å². The summed E-state index contributed by atoms with van der Waals surface area (Å²) in [7, 11) is 0.441. The van der Waals surface area contributed by atoms with E-state index in [0.717, 1.165) is 28.7 Å². The third-order valence-corrected chi connectivity index (χ3v) is 7.84. The van der Waals surface area contributed by atoms with Crippen molar-refractivity contribution in [1.29, 1.82) is 0 Å². The molecule has 1 heterocycles. The van der Waals surface area contributed by atoms with Gasteiger partial charge >= 0.3 is 0 Å². The first-order chi connectivity index (χ1) is 8.54. The molecule has 0 bridgehead atoms. The number of methoxy groups -OCH3 is 1. The van der Waals surface area contributed by atoms with Crippen LogP contribution in [0.3, 0.4) is 0 Å². The Hall–Kier alpha value is -0.170. The molecule has 0 saturated heterocycles. The Morgan fingerprint density at radius 1 is 1.22 bits per heavy atom. The van der Waals surface area contributed by atoms with E-state index in [4.69, 9.17) is 4.74 Å². The van der Waals surface area contributed by atoms with Crippen molar-refractivity contribution >= 4 is 54.0 Å². The Bertz CT molecular complexity index is 591. The first-order valence-electron chi connectivity index (χ1n) is 5.04. The Morgan fingerprint density at radius 3 is 2.28 bits per heavy atom. The molecule has 0 aliphatic carbocycles. The molecule has 2 nitrogen and oxygen atoms in total. The molecule has 2 rings (SSSR count). The maximum Gasteiger partial charge on any atom is 0.118 e. The van der Waals surface area contributed by atoms with Crippen molar-refractivity contribution in [3.8, 4) is 5.75 Å². The van der Waals surface area contributed by atoms with E-state index in [9.17, 15) is 4.21 Å². The lowest BCUT2D eigenvalue weighted by Crippen LogP contribution is -1.91. The maximum absolute atomic E-state index is 12.5. The largest absolute Gasteiger partial charge is 0.497 e. The first kappa shape index (κ1) is 14.2. The standard InChI is InChI=1S/C12H10Br2O2S2/c1-7-10(13)12(17-11(7)14)18(15)9-5-3-8(16-2)4-6-9/h3-6H,1-2H3. The third-order valence-electron chi connectivity index (χ3n) is 2.43. The Kier molecular flexibility index (Phi) is 4.64. The van der Waals surface area contributed by atoms with Crippen LogP contribution in [0.4, 0.5) is 0 Å². The molecule has 0 spiro atoms. The minimum absolute atomic E-state index is 0.762. The molecule has 1 atom stereocenters. The van der Waals surface area contributed by atoms with Gasteiger partial charge in [-0.25, -0.2) is 4.21 Å². The van der Waals surface area contributed by atoms with Gasteiger partial charge in [0.15, 0.2) is 0 Å². The second-order valence-corrected chi connectivity index (χ2v) is 8.35. The summed E-state index contributed by atoms with van der Waals surface area (Å²) in [4.78, 5) is 0.769. The van der Waals surface area contributed by atoms with E-state index in [-0.39, 0.29) is 0 Å². The molecule has 96 valence electrons. The Morgan fingerprint density at radius 2 is 1.83 bits per heavy atom. The lowest BCUT2D eigenvalue weighted by molar-refractivity contribution is 0.414. The van der Waals surface area contributed by atoms with Gasteiger partial charge in [0.05, 0.1) is 21.7 Å². The van der Waals surface area contributed by atoms with Gasteiger partial charge in [-0.05, 0) is 68.6 Å². The van der Waals surface area contributed by atoms with E-state index in [1.807, 2.05) is 31.2 Å². The maximum atomic E-state index is 12.5. The number of hydrogen-bond donors (Lipinski definition) is 0. The number of thiophene rings is 1. The minimum atomic E-state index is -1.17. The molecule has 0 aliphatic rings. The lowest BCUT2D eigenvalue weighted by Gasteiger charge is -2.03. The summed E-state index contributed by atoms with van der Waals surface area (Å²) in [5, 5.41) is 0. The van der Waals surface area contributed by atoms with Crippen LogP contribution in [0.1, 0.15) is 5.56 Å². The second-order valence-electron chi connectivity index (χ2n) is 3.55. The van der Waals surface area contributed by atoms with Gasteiger partial charge in [0.25, 0.3) is 0 Å². The number of hydrogen-bond acceptors (Lipinski definition) is 3. The molecule has 0 fully saturated rings. The van der Waals surface area contributed by atoms with E-state index in [0.29, 0.717) is 0 Å². The average molecular weight is 410 g/mol. The van der Waals surface area contributed by atoms with E-state index in [1.165, 1.54) is 11.3 Å². The summed E-state index contributed by atoms with van der Waals surface area (Å²) >= 11 is 8.45. The summed E-state index contributed by atoms with van der Waals surface area (Å²) in [6.45, 7) is 1.99. The summed E-state index contributed by atoms with van der Waals surface area (Å²) < 4.78 is 20.3. The van der Waals surface area contributed by atoms with Gasteiger partial charge in [-0.3, -0.25) is 0 Å². The van der Waals surface area contributed by atoms with Crippen molar-refractivity contribution in [2.24, 2.45) is 0 Å². The third kappa shape index (κ3) is 2.71. The molecular formula is C12H10Br2O2S2. The Labute approximate surface area is 129 Å². The van der Waals surface area contributed by atoms with Gasteiger partial charge in [-0.1, -0.05) is 0 Å². The van der Waals surface area contributed by atoms with E-state index in [2.05, 4.69) is 31.9 Å². The summed E-state index contributed by atoms with van der Waals surface area (Å²) in [5.74, 6) is 0.762. The molecule has 1 aromatic heterocycles. The molecular weight excluding hydrogens is 400 g/mol. The predicted octanol–water partition coefficient (Wildman–Crippen LogP) is 4.76. The highest BCUT2D eigenvalue weighted by atomic mass is 79.9. The molecule has 2 aromatic rings. The van der Waals surface area contributed by atoms with Gasteiger partial charge in [-0.15, -0.1) is 11.3 Å². The predicted molar refractivity (Wildman–Crippen MR) is 82.1 cm³/mol. The van der Waals surface area contributed by atoms with Crippen molar-refractivity contribution in [2.45, 2.75) is 16.0 Å². The lowest BCUT2D eigenvalue weighted by atomic mass is 10.3. The van der Waals surface area contributed by atoms with Crippen molar-refractivity contribution in [1.82, 2.24) is 0 Å². The smallest absolute Gasteiger partial charge is 0.118 e. The number of halogens is 2. The van der Waals surface area contributed by atoms with Crippen LogP contribution in [-0.4, -0.2) is 11.3 Å². The first-order valence-corrected chi connectivity index (χ1v) is 8.60. The SMILES string of the molecule is COc1ccc(S(=O)c2sc(Br)c(C)c2Br)cc1. The van der Waals surface area contributed by atoms with Crippen molar-refractivity contribution in [2.75, 3.05) is 7.11 Å². The number of ether oxygens (including phenoxy) is 1. The van der Waals surface area contributed by atoms with Crippen LogP contribution in [-0.2, 0) is 10.8 Å². The quantitative estimate of drug-likeness (QED) is 0.730. The summed E-state index contributed by atoms with van der Waals surface area (Å²) in [6.07, 6.45) is 0. The van der Waals surface area contributed by atoms with Gasteiger partial charge in [-0.2, -0.15) is 0 Å². The molecule has 0 radical (unpaired) electrons. The fourth-order valence-electron chi connectivity index (χ4n) is 1.37. The Balaban J connectivity index is 2.38. The van der Waals surface area contributed by atoms with E-state index in [1.54, 1.807) is 7.11 Å². The average Bonchev–Trinajstić information content (AvgIpc) is 2.66. The van der Waals surface area contributed by atoms with Gasteiger partial charge in [0.1, 0.15) is 9.96 Å².